The molecule has 7 aromatic carbocycles. The molecule has 0 amide bonds. The summed E-state index contributed by atoms with van der Waals surface area (Å²) < 4.78 is 2.39. The van der Waals surface area contributed by atoms with Crippen molar-refractivity contribution in [2.45, 2.75) is 52.4 Å². The van der Waals surface area contributed by atoms with E-state index in [0.29, 0.717) is 0 Å². The Morgan fingerprint density at radius 2 is 0.857 bits per heavy atom. The maximum Gasteiger partial charge on any atom is 0.145 e. The summed E-state index contributed by atoms with van der Waals surface area (Å²) in [4.78, 5) is 5.55. The highest BCUT2D eigenvalue weighted by molar-refractivity contribution is 6.25. The number of rotatable bonds is 4. The molecule has 0 aliphatic rings. The van der Waals surface area contributed by atoms with Crippen LogP contribution in [0, 0.1) is 0 Å². The molecule has 240 valence electrons. The molecule has 0 aliphatic heterocycles. The van der Waals surface area contributed by atoms with E-state index in [9.17, 15) is 0 Å². The summed E-state index contributed by atoms with van der Waals surface area (Å²) in [6.45, 7) is 13.6. The molecule has 49 heavy (non-hydrogen) atoms. The van der Waals surface area contributed by atoms with E-state index in [1.807, 2.05) is 0 Å². The highest BCUT2D eigenvalue weighted by Crippen LogP contribution is 2.42. The van der Waals surface area contributed by atoms with Crippen molar-refractivity contribution in [2.75, 3.05) is 0 Å². The van der Waals surface area contributed by atoms with Crippen molar-refractivity contribution in [1.82, 2.24) is 9.55 Å². The molecule has 2 heteroatoms. The molecule has 8 aromatic rings. The summed E-state index contributed by atoms with van der Waals surface area (Å²) in [5, 5.41) is 4.79. The molecule has 0 unspecified atom stereocenters. The van der Waals surface area contributed by atoms with E-state index in [4.69, 9.17) is 4.98 Å². The largest absolute Gasteiger partial charge is 0.292 e. The molecule has 0 bridgehead atoms. The normalized spacial score (nSPS) is 12.3. The molecular formula is C47H42N2. The standard InChI is InChI=1S/C47H42N2/c1-46(2,3)36-21-17-33(18-22-36)45-48-43-39-27-19-34(31-13-9-7-10-14-31)29-41(39)42-30-35(32-15-11-8-12-16-32)20-28-40(42)44(43)49(45)38-25-23-37(24-26-38)47(4,5)6/h7-30H,1-6H3. The van der Waals surface area contributed by atoms with Crippen LogP contribution < -0.4 is 0 Å². The van der Waals surface area contributed by atoms with Crippen LogP contribution in [0.4, 0.5) is 0 Å². The predicted octanol–water partition coefficient (Wildman–Crippen LogP) is 12.9. The highest BCUT2D eigenvalue weighted by atomic mass is 15.1. The molecule has 0 aliphatic carbocycles. The molecule has 0 spiro atoms. The van der Waals surface area contributed by atoms with E-state index in [0.717, 1.165) is 33.5 Å². The minimum Gasteiger partial charge on any atom is -0.292 e. The summed E-state index contributed by atoms with van der Waals surface area (Å²) in [5.74, 6) is 0.951. The zero-order valence-electron chi connectivity index (χ0n) is 29.3. The van der Waals surface area contributed by atoms with Crippen LogP contribution in [0.3, 0.4) is 0 Å². The number of hydrogen-bond acceptors (Lipinski definition) is 1. The van der Waals surface area contributed by atoms with Gasteiger partial charge in [0.15, 0.2) is 0 Å². The lowest BCUT2D eigenvalue weighted by molar-refractivity contribution is 0.590. The second-order valence-electron chi connectivity index (χ2n) is 15.3. The SMILES string of the molecule is CC(C)(C)c1ccc(-c2nc3c4ccc(-c5ccccc5)cc4c4cc(-c5ccccc5)ccc4c3n2-c2ccc(C(C)(C)C)cc2)cc1. The van der Waals surface area contributed by atoms with Crippen molar-refractivity contribution in [1.29, 1.82) is 0 Å². The Morgan fingerprint density at radius 1 is 0.408 bits per heavy atom. The molecule has 0 fully saturated rings. The van der Waals surface area contributed by atoms with Crippen LogP contribution >= 0.6 is 0 Å². The number of imidazole rings is 1. The molecule has 2 nitrogen and oxygen atoms in total. The zero-order valence-corrected chi connectivity index (χ0v) is 29.3. The first kappa shape index (κ1) is 30.8. The molecule has 8 rings (SSSR count). The van der Waals surface area contributed by atoms with E-state index in [2.05, 4.69) is 192 Å². The lowest BCUT2D eigenvalue weighted by atomic mass is 9.86. The summed E-state index contributed by atoms with van der Waals surface area (Å²) in [7, 11) is 0. The van der Waals surface area contributed by atoms with Crippen molar-refractivity contribution >= 4 is 32.6 Å². The van der Waals surface area contributed by atoms with Gasteiger partial charge in [0.05, 0.1) is 11.0 Å². The third-order valence-corrected chi connectivity index (χ3v) is 9.93. The summed E-state index contributed by atoms with van der Waals surface area (Å²) in [6, 6.07) is 53.3. The first-order chi connectivity index (χ1) is 23.6. The van der Waals surface area contributed by atoms with E-state index >= 15 is 0 Å². The van der Waals surface area contributed by atoms with Gasteiger partial charge in [-0.05, 0) is 79.2 Å². The van der Waals surface area contributed by atoms with Gasteiger partial charge in [-0.25, -0.2) is 4.98 Å². The first-order valence-electron chi connectivity index (χ1n) is 17.3. The number of hydrogen-bond donors (Lipinski definition) is 0. The number of benzene rings is 7. The van der Waals surface area contributed by atoms with Crippen molar-refractivity contribution in [3.8, 4) is 39.3 Å². The van der Waals surface area contributed by atoms with Gasteiger partial charge < -0.3 is 0 Å². The monoisotopic (exact) mass is 634 g/mol. The fraction of sp³-hybridized carbons (Fsp3) is 0.170. The Bertz CT molecular complexity index is 2450. The first-order valence-corrected chi connectivity index (χ1v) is 17.3. The van der Waals surface area contributed by atoms with Crippen LogP contribution in [-0.2, 0) is 10.8 Å². The van der Waals surface area contributed by atoms with Gasteiger partial charge >= 0.3 is 0 Å². The third kappa shape index (κ3) is 5.52. The molecule has 1 heterocycles. The summed E-state index contributed by atoms with van der Waals surface area (Å²) in [5.41, 5.74) is 12.0. The molecule has 0 saturated heterocycles. The molecular weight excluding hydrogens is 593 g/mol. The Kier molecular flexibility index (Phi) is 7.30. The lowest BCUT2D eigenvalue weighted by Crippen LogP contribution is -2.11. The van der Waals surface area contributed by atoms with E-state index in [-0.39, 0.29) is 10.8 Å². The van der Waals surface area contributed by atoms with E-state index in [1.54, 1.807) is 0 Å². The Hall–Kier alpha value is -5.47. The van der Waals surface area contributed by atoms with E-state index < -0.39 is 0 Å². The van der Waals surface area contributed by atoms with Gasteiger partial charge in [-0.15, -0.1) is 0 Å². The minimum absolute atomic E-state index is 0.0638. The topological polar surface area (TPSA) is 17.8 Å². The number of aromatic nitrogens is 2. The van der Waals surface area contributed by atoms with Gasteiger partial charge in [-0.1, -0.05) is 163 Å². The van der Waals surface area contributed by atoms with Gasteiger partial charge in [0.1, 0.15) is 5.82 Å². The van der Waals surface area contributed by atoms with Crippen LogP contribution in [0.5, 0.6) is 0 Å². The summed E-state index contributed by atoms with van der Waals surface area (Å²) in [6.07, 6.45) is 0. The quantitative estimate of drug-likeness (QED) is 0.176. The van der Waals surface area contributed by atoms with Gasteiger partial charge in [0.25, 0.3) is 0 Å². The molecule has 1 aromatic heterocycles. The lowest BCUT2D eigenvalue weighted by Gasteiger charge is -2.20. The average molecular weight is 635 g/mol. The van der Waals surface area contributed by atoms with Crippen LogP contribution in [0.2, 0.25) is 0 Å². The van der Waals surface area contributed by atoms with Crippen molar-refractivity contribution in [2.24, 2.45) is 0 Å². The second-order valence-corrected chi connectivity index (χ2v) is 15.3. The molecule has 0 saturated carbocycles. The maximum absolute atomic E-state index is 5.55. The fourth-order valence-electron chi connectivity index (χ4n) is 7.10. The van der Waals surface area contributed by atoms with Crippen LogP contribution in [0.1, 0.15) is 52.7 Å². The third-order valence-electron chi connectivity index (χ3n) is 9.93. The Labute approximate surface area is 289 Å². The van der Waals surface area contributed by atoms with Gasteiger partial charge in [-0.2, -0.15) is 0 Å². The van der Waals surface area contributed by atoms with Gasteiger partial charge in [0, 0.05) is 22.0 Å². The zero-order chi connectivity index (χ0) is 33.9. The summed E-state index contributed by atoms with van der Waals surface area (Å²) >= 11 is 0. The molecule has 0 radical (unpaired) electrons. The number of nitrogens with zero attached hydrogens (tertiary/aromatic N) is 2. The average Bonchev–Trinajstić information content (AvgIpc) is 3.52. The predicted molar refractivity (Wildman–Crippen MR) is 210 cm³/mol. The minimum atomic E-state index is 0.0638. The molecule has 0 atom stereocenters. The van der Waals surface area contributed by atoms with Crippen molar-refractivity contribution < 1.29 is 0 Å². The number of fused-ring (bicyclic) bond motifs is 6. The van der Waals surface area contributed by atoms with Crippen LogP contribution in [-0.4, -0.2) is 9.55 Å². The van der Waals surface area contributed by atoms with Crippen molar-refractivity contribution in [3.05, 3.63) is 157 Å². The van der Waals surface area contributed by atoms with Crippen molar-refractivity contribution in [3.63, 3.8) is 0 Å². The highest BCUT2D eigenvalue weighted by Gasteiger charge is 2.23. The fourth-order valence-corrected chi connectivity index (χ4v) is 7.10. The van der Waals surface area contributed by atoms with Gasteiger partial charge in [0.2, 0.25) is 0 Å². The smallest absolute Gasteiger partial charge is 0.145 e. The Morgan fingerprint density at radius 3 is 1.37 bits per heavy atom. The van der Waals surface area contributed by atoms with Crippen LogP contribution in [0.15, 0.2) is 146 Å². The van der Waals surface area contributed by atoms with Gasteiger partial charge in [-0.3, -0.25) is 4.57 Å². The molecule has 0 N–H and O–H groups in total. The maximum atomic E-state index is 5.55. The van der Waals surface area contributed by atoms with Crippen LogP contribution in [0.25, 0.3) is 71.9 Å². The second kappa shape index (κ2) is 11.6. The Balaban J connectivity index is 1.48. The van der Waals surface area contributed by atoms with E-state index in [1.165, 1.54) is 49.5 Å².